The Kier molecular flexibility index (Phi) is 119. The zero-order valence-corrected chi connectivity index (χ0v) is 3.99. The average molecular weight is 130 g/mol. The van der Waals surface area contributed by atoms with Gasteiger partial charge in [-0.2, -0.15) is 0 Å². The van der Waals surface area contributed by atoms with Gasteiger partial charge in [-0.05, 0) is 0 Å². The van der Waals surface area contributed by atoms with Crippen LogP contribution in [0.3, 0.4) is 0 Å². The van der Waals surface area contributed by atoms with E-state index in [1.54, 1.807) is 0 Å². The summed E-state index contributed by atoms with van der Waals surface area (Å²) in [5.74, 6) is 0. The summed E-state index contributed by atoms with van der Waals surface area (Å²) >= 11 is 0.611. The molecule has 0 atom stereocenters. The average Bonchev–Trinajstić information content (AvgIpc) is 1.00. The molecular weight excluding hydrogens is 126 g/mol. The van der Waals surface area contributed by atoms with Gasteiger partial charge in [0.05, 0.1) is 0 Å². The van der Waals surface area contributed by atoms with Crippen LogP contribution in [0.15, 0.2) is 0 Å². The quantitative estimate of drug-likeness (QED) is 0.348. The van der Waals surface area contributed by atoms with E-state index in [4.69, 9.17) is 3.80 Å². The van der Waals surface area contributed by atoms with E-state index in [-0.39, 0.29) is 34.4 Å². The van der Waals surface area contributed by atoms with Crippen molar-refractivity contribution in [1.29, 1.82) is 0 Å². The summed E-state index contributed by atoms with van der Waals surface area (Å²) in [5, 5.41) is 0. The van der Waals surface area contributed by atoms with Crippen molar-refractivity contribution in [3.63, 3.8) is 0 Å². The van der Waals surface area contributed by atoms with E-state index in [2.05, 4.69) is 0 Å². The van der Waals surface area contributed by atoms with Crippen LogP contribution >= 0.6 is 0 Å². The Bertz CT molecular complexity index is 6.00. The predicted octanol–water partition coefficient (Wildman–Crippen LogP) is -1.95. The van der Waals surface area contributed by atoms with E-state index in [1.165, 1.54) is 0 Å². The van der Waals surface area contributed by atoms with Gasteiger partial charge in [0, 0.05) is 17.1 Å². The molecule has 24 valence electrons. The van der Waals surface area contributed by atoms with Gasteiger partial charge in [0.2, 0.25) is 0 Å². The summed E-state index contributed by atoms with van der Waals surface area (Å²) < 4.78 is 8.28. The third-order valence-electron chi connectivity index (χ3n) is 0. The van der Waals surface area contributed by atoms with Crippen molar-refractivity contribution in [2.24, 2.45) is 0 Å². The zero-order chi connectivity index (χ0) is 2.00. The van der Waals surface area contributed by atoms with Gasteiger partial charge in [-0.25, -0.2) is 0 Å². The minimum absolute atomic E-state index is 0. The Morgan fingerprint density at radius 1 is 1.25 bits per heavy atom. The molecule has 0 fully saturated rings. The molecule has 0 aromatic heterocycles. The third-order valence-corrected chi connectivity index (χ3v) is 0. The number of hydrogen-bond donors (Lipinski definition) is 0. The number of hydrogen-bond acceptors (Lipinski definition) is 1. The topological polar surface area (TPSA) is 17.1 Å². The SMILES string of the molecule is [AlH3].[Fe].[O]=[AlH]. The van der Waals surface area contributed by atoms with Crippen molar-refractivity contribution in [1.82, 2.24) is 0 Å². The van der Waals surface area contributed by atoms with Crippen LogP contribution in [0.25, 0.3) is 0 Å². The summed E-state index contributed by atoms with van der Waals surface area (Å²) in [6.45, 7) is 0. The molecule has 4 heteroatoms. The molecule has 0 radical (unpaired) electrons. The van der Waals surface area contributed by atoms with Crippen LogP contribution in [-0.4, -0.2) is 33.6 Å². The molecule has 0 saturated heterocycles. The molecule has 0 unspecified atom stereocenters. The van der Waals surface area contributed by atoms with Crippen LogP contribution in [0.2, 0.25) is 0 Å². The van der Waals surface area contributed by atoms with Crippen molar-refractivity contribution in [2.75, 3.05) is 0 Å². The fourth-order valence-electron chi connectivity index (χ4n) is 0. The Morgan fingerprint density at radius 2 is 1.25 bits per heavy atom. The Hall–Kier alpha value is 1.38. The van der Waals surface area contributed by atoms with E-state index in [1.807, 2.05) is 0 Å². The second-order valence-electron chi connectivity index (χ2n) is 0. The van der Waals surface area contributed by atoms with E-state index in [9.17, 15) is 0 Å². The summed E-state index contributed by atoms with van der Waals surface area (Å²) in [5.41, 5.74) is 0. The molecule has 0 saturated carbocycles. The second-order valence-corrected chi connectivity index (χ2v) is 0. The van der Waals surface area contributed by atoms with Crippen LogP contribution in [0.5, 0.6) is 0 Å². The van der Waals surface area contributed by atoms with Gasteiger partial charge in [0.1, 0.15) is 0 Å². The van der Waals surface area contributed by atoms with E-state index in [0.717, 1.165) is 0 Å². The van der Waals surface area contributed by atoms with Crippen molar-refractivity contribution >= 4 is 33.6 Å². The van der Waals surface area contributed by atoms with Gasteiger partial charge in [0.25, 0.3) is 0 Å². The molecule has 0 N–H and O–H groups in total. The first-order chi connectivity index (χ1) is 1.00. The molecule has 1 nitrogen and oxygen atoms in total. The standard InChI is InChI=1S/2Al.Fe.O.4H. The molecule has 0 bridgehead atoms. The summed E-state index contributed by atoms with van der Waals surface area (Å²) in [6.07, 6.45) is 0. The summed E-state index contributed by atoms with van der Waals surface area (Å²) in [6, 6.07) is 0. The van der Waals surface area contributed by atoms with Gasteiger partial charge >= 0.3 is 20.0 Å². The second kappa shape index (κ2) is 26.2. The Morgan fingerprint density at radius 3 is 1.25 bits per heavy atom. The minimum atomic E-state index is 0. The van der Waals surface area contributed by atoms with Gasteiger partial charge in [-0.15, -0.1) is 0 Å². The Labute approximate surface area is 54.4 Å². The van der Waals surface area contributed by atoms with Crippen molar-refractivity contribution in [3.8, 4) is 0 Å². The van der Waals surface area contributed by atoms with E-state index in [0.29, 0.717) is 16.2 Å². The first-order valence-electron chi connectivity index (χ1n) is 0.289. The van der Waals surface area contributed by atoms with Crippen LogP contribution in [-0.2, 0) is 20.9 Å². The fraction of sp³-hybridized carbons (Fsp3) is 0. The predicted molar refractivity (Wildman–Crippen MR) is 17.8 cm³/mol. The van der Waals surface area contributed by atoms with Crippen LogP contribution in [0.1, 0.15) is 0 Å². The number of rotatable bonds is 0. The van der Waals surface area contributed by atoms with Crippen LogP contribution in [0, 0.1) is 0 Å². The summed E-state index contributed by atoms with van der Waals surface area (Å²) in [7, 11) is 0. The third kappa shape index (κ3) is 10.0. The van der Waals surface area contributed by atoms with Crippen molar-refractivity contribution < 1.29 is 20.9 Å². The monoisotopic (exact) mass is 130 g/mol. The van der Waals surface area contributed by atoms with Crippen molar-refractivity contribution in [2.45, 2.75) is 0 Å². The van der Waals surface area contributed by atoms with E-state index < -0.39 is 0 Å². The fourth-order valence-corrected chi connectivity index (χ4v) is 0. The zero-order valence-electron chi connectivity index (χ0n) is 1.47. The maximum atomic E-state index is 8.28. The molecule has 0 spiro atoms. The first kappa shape index (κ1) is 18.2. The maximum absolute atomic E-state index is 8.28. The molecule has 0 heterocycles. The molecule has 0 aliphatic heterocycles. The molecule has 0 amide bonds. The van der Waals surface area contributed by atoms with Crippen molar-refractivity contribution in [3.05, 3.63) is 0 Å². The van der Waals surface area contributed by atoms with Gasteiger partial charge in [-0.1, -0.05) is 0 Å². The molecule has 0 rings (SSSR count). The van der Waals surface area contributed by atoms with Crippen LogP contribution in [0.4, 0.5) is 0 Å². The first-order valence-corrected chi connectivity index (χ1v) is 0.866. The Balaban J connectivity index is -0.00000000500. The van der Waals surface area contributed by atoms with Crippen LogP contribution < -0.4 is 0 Å². The molecule has 4 heavy (non-hydrogen) atoms. The molecular formula is H4Al2FeO. The molecule has 0 aromatic carbocycles. The normalized spacial score (nSPS) is 0.750. The van der Waals surface area contributed by atoms with Gasteiger partial charge in [-0.3, -0.25) is 0 Å². The van der Waals surface area contributed by atoms with E-state index >= 15 is 0 Å². The summed E-state index contributed by atoms with van der Waals surface area (Å²) in [4.78, 5) is 0. The molecule has 0 aliphatic rings. The van der Waals surface area contributed by atoms with Gasteiger partial charge in [0.15, 0.2) is 17.4 Å². The molecule has 0 aliphatic carbocycles. The molecule has 0 aromatic rings. The van der Waals surface area contributed by atoms with Gasteiger partial charge < -0.3 is 0 Å².